The van der Waals surface area contributed by atoms with Crippen LogP contribution in [0.3, 0.4) is 0 Å². The highest BCUT2D eigenvalue weighted by molar-refractivity contribution is 7.12. The minimum atomic E-state index is -0.808. The Morgan fingerprint density at radius 1 is 1.62 bits per heavy atom. The number of ether oxygens (including phenoxy) is 1. The summed E-state index contributed by atoms with van der Waals surface area (Å²) < 4.78 is 5.26. The van der Waals surface area contributed by atoms with E-state index in [4.69, 9.17) is 9.84 Å². The first-order valence-electron chi connectivity index (χ1n) is 4.12. The zero-order chi connectivity index (χ0) is 9.42. The van der Waals surface area contributed by atoms with E-state index in [0.29, 0.717) is 18.8 Å². The van der Waals surface area contributed by atoms with Crippen LogP contribution in [0, 0.1) is 6.92 Å². The van der Waals surface area contributed by atoms with Gasteiger partial charge >= 0.3 is 5.97 Å². The molecule has 2 heterocycles. The molecule has 0 amide bonds. The Hall–Kier alpha value is -0.870. The molecule has 1 aromatic rings. The van der Waals surface area contributed by atoms with Gasteiger partial charge in [-0.2, -0.15) is 0 Å². The molecule has 3 nitrogen and oxygen atoms in total. The molecule has 1 aromatic heterocycles. The van der Waals surface area contributed by atoms with Crippen LogP contribution in [-0.2, 0) is 17.8 Å². The van der Waals surface area contributed by atoms with Crippen molar-refractivity contribution in [1.29, 1.82) is 0 Å². The lowest BCUT2D eigenvalue weighted by atomic mass is 10.0. The second-order valence-corrected chi connectivity index (χ2v) is 4.35. The van der Waals surface area contributed by atoms with E-state index in [1.807, 2.05) is 6.92 Å². The van der Waals surface area contributed by atoms with Gasteiger partial charge in [-0.3, -0.25) is 0 Å². The number of hydrogen-bond donors (Lipinski definition) is 1. The first-order chi connectivity index (χ1) is 6.20. The maximum absolute atomic E-state index is 10.9. The quantitative estimate of drug-likeness (QED) is 0.748. The molecule has 2 rings (SSSR count). The number of carboxylic acids is 1. The van der Waals surface area contributed by atoms with Crippen LogP contribution in [0.1, 0.15) is 25.7 Å². The van der Waals surface area contributed by atoms with Gasteiger partial charge in [-0.15, -0.1) is 11.3 Å². The second-order valence-electron chi connectivity index (χ2n) is 3.04. The summed E-state index contributed by atoms with van der Waals surface area (Å²) in [4.78, 5) is 12.9. The summed E-state index contributed by atoms with van der Waals surface area (Å²) in [5, 5.41) is 8.98. The number of hydrogen-bond acceptors (Lipinski definition) is 3. The lowest BCUT2D eigenvalue weighted by Gasteiger charge is -2.12. The SMILES string of the molecule is Cc1sc2c(c1C(=O)O)CCOC2. The molecule has 1 aliphatic rings. The summed E-state index contributed by atoms with van der Waals surface area (Å²) in [5.41, 5.74) is 1.49. The zero-order valence-electron chi connectivity index (χ0n) is 7.29. The highest BCUT2D eigenvalue weighted by atomic mass is 32.1. The molecular formula is C9H10O3S. The van der Waals surface area contributed by atoms with Gasteiger partial charge in [0, 0.05) is 9.75 Å². The van der Waals surface area contributed by atoms with Crippen molar-refractivity contribution in [2.75, 3.05) is 6.61 Å². The van der Waals surface area contributed by atoms with Crippen LogP contribution in [0.2, 0.25) is 0 Å². The smallest absolute Gasteiger partial charge is 0.337 e. The number of thiophene rings is 1. The normalized spacial score (nSPS) is 15.5. The van der Waals surface area contributed by atoms with E-state index in [-0.39, 0.29) is 0 Å². The average Bonchev–Trinajstić information content (AvgIpc) is 2.39. The van der Waals surface area contributed by atoms with Gasteiger partial charge in [0.25, 0.3) is 0 Å². The average molecular weight is 198 g/mol. The van der Waals surface area contributed by atoms with E-state index >= 15 is 0 Å². The van der Waals surface area contributed by atoms with Crippen LogP contribution in [0.5, 0.6) is 0 Å². The molecule has 0 aromatic carbocycles. The van der Waals surface area contributed by atoms with Crippen LogP contribution in [0.15, 0.2) is 0 Å². The van der Waals surface area contributed by atoms with E-state index in [0.717, 1.165) is 21.7 Å². The van der Waals surface area contributed by atoms with Crippen LogP contribution in [0.25, 0.3) is 0 Å². The lowest BCUT2D eigenvalue weighted by Crippen LogP contribution is -2.11. The monoisotopic (exact) mass is 198 g/mol. The highest BCUT2D eigenvalue weighted by Crippen LogP contribution is 2.31. The maximum atomic E-state index is 10.9. The van der Waals surface area contributed by atoms with Gasteiger partial charge in [0.05, 0.1) is 18.8 Å². The number of aromatic carboxylic acids is 1. The van der Waals surface area contributed by atoms with Crippen LogP contribution in [-0.4, -0.2) is 17.7 Å². The number of carboxylic acid groups (broad SMARTS) is 1. The van der Waals surface area contributed by atoms with Gasteiger partial charge in [-0.1, -0.05) is 0 Å². The minimum absolute atomic E-state index is 0.503. The number of carbonyl (C=O) groups is 1. The zero-order valence-corrected chi connectivity index (χ0v) is 8.11. The Bertz CT molecular complexity index is 354. The Morgan fingerprint density at radius 2 is 2.38 bits per heavy atom. The second kappa shape index (κ2) is 3.12. The largest absolute Gasteiger partial charge is 0.478 e. The molecule has 0 atom stereocenters. The summed E-state index contributed by atoms with van der Waals surface area (Å²) in [5.74, 6) is -0.808. The Morgan fingerprint density at radius 3 is 3.08 bits per heavy atom. The molecule has 13 heavy (non-hydrogen) atoms. The van der Waals surface area contributed by atoms with E-state index < -0.39 is 5.97 Å². The minimum Gasteiger partial charge on any atom is -0.478 e. The first kappa shape index (κ1) is 8.72. The summed E-state index contributed by atoms with van der Waals surface area (Å²) in [6, 6.07) is 0. The Balaban J connectivity index is 2.54. The maximum Gasteiger partial charge on any atom is 0.337 e. The summed E-state index contributed by atoms with van der Waals surface area (Å²) >= 11 is 1.54. The topological polar surface area (TPSA) is 46.5 Å². The fraction of sp³-hybridized carbons (Fsp3) is 0.444. The van der Waals surface area contributed by atoms with Crippen molar-refractivity contribution in [3.05, 3.63) is 20.9 Å². The van der Waals surface area contributed by atoms with Crippen molar-refractivity contribution in [1.82, 2.24) is 0 Å². The number of aryl methyl sites for hydroxylation is 1. The number of rotatable bonds is 1. The molecule has 1 aliphatic heterocycles. The third-order valence-electron chi connectivity index (χ3n) is 2.21. The van der Waals surface area contributed by atoms with Crippen molar-refractivity contribution >= 4 is 17.3 Å². The third kappa shape index (κ3) is 1.36. The third-order valence-corrected chi connectivity index (χ3v) is 3.33. The van der Waals surface area contributed by atoms with E-state index in [2.05, 4.69) is 0 Å². The van der Waals surface area contributed by atoms with Crippen molar-refractivity contribution in [3.63, 3.8) is 0 Å². The predicted octanol–water partition coefficient (Wildman–Crippen LogP) is 1.83. The molecular weight excluding hydrogens is 188 g/mol. The molecule has 0 bridgehead atoms. The summed E-state index contributed by atoms with van der Waals surface area (Å²) in [7, 11) is 0. The van der Waals surface area contributed by atoms with E-state index in [1.165, 1.54) is 11.3 Å². The fourth-order valence-electron chi connectivity index (χ4n) is 1.65. The molecule has 0 radical (unpaired) electrons. The van der Waals surface area contributed by atoms with Gasteiger partial charge in [-0.05, 0) is 18.9 Å². The van der Waals surface area contributed by atoms with Crippen LogP contribution in [0.4, 0.5) is 0 Å². The molecule has 0 fully saturated rings. The molecule has 0 spiro atoms. The molecule has 1 N–H and O–H groups in total. The molecule has 70 valence electrons. The van der Waals surface area contributed by atoms with Crippen molar-refractivity contribution in [3.8, 4) is 0 Å². The van der Waals surface area contributed by atoms with Crippen molar-refractivity contribution in [2.24, 2.45) is 0 Å². The summed E-state index contributed by atoms with van der Waals surface area (Å²) in [6.45, 7) is 3.07. The van der Waals surface area contributed by atoms with Crippen LogP contribution >= 0.6 is 11.3 Å². The van der Waals surface area contributed by atoms with Gasteiger partial charge in [0.15, 0.2) is 0 Å². The predicted molar refractivity (Wildman–Crippen MR) is 49.4 cm³/mol. The van der Waals surface area contributed by atoms with Gasteiger partial charge < -0.3 is 9.84 Å². The molecule has 4 heteroatoms. The van der Waals surface area contributed by atoms with Crippen molar-refractivity contribution in [2.45, 2.75) is 20.0 Å². The number of fused-ring (bicyclic) bond motifs is 1. The van der Waals surface area contributed by atoms with Gasteiger partial charge in [-0.25, -0.2) is 4.79 Å². The molecule has 0 aliphatic carbocycles. The lowest BCUT2D eigenvalue weighted by molar-refractivity contribution is 0.0691. The van der Waals surface area contributed by atoms with Crippen LogP contribution < -0.4 is 0 Å². The molecule has 0 saturated carbocycles. The van der Waals surface area contributed by atoms with Gasteiger partial charge in [0.2, 0.25) is 0 Å². The van der Waals surface area contributed by atoms with E-state index in [1.54, 1.807) is 0 Å². The first-order valence-corrected chi connectivity index (χ1v) is 4.94. The summed E-state index contributed by atoms with van der Waals surface area (Å²) in [6.07, 6.45) is 0.737. The fourth-order valence-corrected chi connectivity index (χ4v) is 2.80. The Kier molecular flexibility index (Phi) is 2.09. The molecule has 0 unspecified atom stereocenters. The van der Waals surface area contributed by atoms with Crippen molar-refractivity contribution < 1.29 is 14.6 Å². The van der Waals surface area contributed by atoms with E-state index in [9.17, 15) is 4.79 Å². The highest BCUT2D eigenvalue weighted by Gasteiger charge is 2.22. The molecule has 0 saturated heterocycles. The standard InChI is InChI=1S/C9H10O3S/c1-5-8(9(10)11)6-2-3-12-4-7(6)13-5/h2-4H2,1H3,(H,10,11). The Labute approximate surface area is 80.0 Å². The van der Waals surface area contributed by atoms with Gasteiger partial charge in [0.1, 0.15) is 0 Å².